The van der Waals surface area contributed by atoms with E-state index in [2.05, 4.69) is 16.7 Å². The summed E-state index contributed by atoms with van der Waals surface area (Å²) >= 11 is 0. The Bertz CT molecular complexity index is 473. The molecular formula is C15H24BFN2O2. The highest BCUT2D eigenvalue weighted by Gasteiger charge is 2.24. The third kappa shape index (κ3) is 4.26. The maximum Gasteiger partial charge on any atom is 0.491 e. The second kappa shape index (κ2) is 7.36. The molecule has 0 saturated carbocycles. The minimum atomic E-state index is -1.76. The molecular weight excluding hydrogens is 270 g/mol. The molecule has 1 fully saturated rings. The van der Waals surface area contributed by atoms with Crippen molar-refractivity contribution in [3.63, 3.8) is 0 Å². The fourth-order valence-electron chi connectivity index (χ4n) is 3.14. The van der Waals surface area contributed by atoms with Crippen LogP contribution in [0.3, 0.4) is 0 Å². The van der Waals surface area contributed by atoms with Crippen molar-refractivity contribution in [2.45, 2.75) is 32.4 Å². The van der Waals surface area contributed by atoms with Gasteiger partial charge >= 0.3 is 7.12 Å². The van der Waals surface area contributed by atoms with Gasteiger partial charge in [-0.3, -0.25) is 4.90 Å². The van der Waals surface area contributed by atoms with E-state index in [1.54, 1.807) is 6.07 Å². The summed E-state index contributed by atoms with van der Waals surface area (Å²) in [6, 6.07) is 5.11. The van der Waals surface area contributed by atoms with Crippen molar-refractivity contribution in [1.29, 1.82) is 0 Å². The Hall–Kier alpha value is -0.945. The quantitative estimate of drug-likeness (QED) is 0.747. The van der Waals surface area contributed by atoms with Crippen molar-refractivity contribution >= 4 is 12.6 Å². The van der Waals surface area contributed by atoms with Crippen LogP contribution in [0.15, 0.2) is 18.2 Å². The average molecular weight is 294 g/mol. The average Bonchev–Trinajstić information content (AvgIpc) is 2.87. The lowest BCUT2D eigenvalue weighted by Gasteiger charge is -2.27. The largest absolute Gasteiger partial charge is 0.491 e. The third-order valence-corrected chi connectivity index (χ3v) is 4.22. The van der Waals surface area contributed by atoms with Crippen LogP contribution >= 0.6 is 0 Å². The molecule has 1 aliphatic heterocycles. The molecule has 2 rings (SSSR count). The monoisotopic (exact) mass is 294 g/mol. The van der Waals surface area contributed by atoms with Gasteiger partial charge in [0.15, 0.2) is 0 Å². The molecule has 0 aliphatic carbocycles. The predicted octanol–water partition coefficient (Wildman–Crippen LogP) is 0.422. The number of hydrogen-bond acceptors (Lipinski definition) is 4. The van der Waals surface area contributed by atoms with Gasteiger partial charge in [-0.1, -0.05) is 19.1 Å². The van der Waals surface area contributed by atoms with E-state index in [1.165, 1.54) is 31.5 Å². The van der Waals surface area contributed by atoms with Crippen molar-refractivity contribution < 1.29 is 14.4 Å². The smallest absolute Gasteiger partial charge is 0.423 e. The summed E-state index contributed by atoms with van der Waals surface area (Å²) < 4.78 is 13.4. The van der Waals surface area contributed by atoms with Crippen LogP contribution in [-0.4, -0.2) is 59.7 Å². The molecule has 1 aromatic rings. The highest BCUT2D eigenvalue weighted by atomic mass is 19.1. The molecule has 21 heavy (non-hydrogen) atoms. The number of rotatable bonds is 6. The summed E-state index contributed by atoms with van der Waals surface area (Å²) in [5, 5.41) is 18.3. The van der Waals surface area contributed by atoms with Gasteiger partial charge in [0.25, 0.3) is 0 Å². The van der Waals surface area contributed by atoms with Crippen LogP contribution in [-0.2, 0) is 6.54 Å². The van der Waals surface area contributed by atoms with Gasteiger partial charge in [-0.15, -0.1) is 0 Å². The summed E-state index contributed by atoms with van der Waals surface area (Å²) in [6.45, 7) is 6.09. The van der Waals surface area contributed by atoms with Crippen LogP contribution < -0.4 is 5.46 Å². The van der Waals surface area contributed by atoms with Crippen LogP contribution in [0, 0.1) is 5.82 Å². The summed E-state index contributed by atoms with van der Waals surface area (Å²) in [6.07, 6.45) is 2.48. The molecule has 0 aromatic heterocycles. The lowest BCUT2D eigenvalue weighted by Crippen LogP contribution is -2.38. The maximum atomic E-state index is 13.4. The van der Waals surface area contributed by atoms with Crippen LogP contribution in [0.4, 0.5) is 4.39 Å². The van der Waals surface area contributed by atoms with Gasteiger partial charge in [0.05, 0.1) is 0 Å². The van der Waals surface area contributed by atoms with Gasteiger partial charge in [-0.25, -0.2) is 4.39 Å². The normalized spacial score (nSPS) is 19.4. The zero-order chi connectivity index (χ0) is 15.4. The van der Waals surface area contributed by atoms with Crippen molar-refractivity contribution in [2.24, 2.45) is 0 Å². The highest BCUT2D eigenvalue weighted by Crippen LogP contribution is 2.18. The number of hydrogen-bond donors (Lipinski definition) is 2. The number of halogens is 1. The molecule has 0 bridgehead atoms. The highest BCUT2D eigenvalue weighted by molar-refractivity contribution is 6.58. The standard InChI is InChI=1S/C15H24BFN2O2/c1-3-19-8-4-5-13(19)11-18(2)10-12-6-7-15(17)14(9-12)16(20)21/h6-7,9,13,20-21H,3-5,8,10-11H2,1-2H3. The van der Waals surface area contributed by atoms with E-state index in [0.29, 0.717) is 12.6 Å². The van der Waals surface area contributed by atoms with Crippen molar-refractivity contribution in [2.75, 3.05) is 26.7 Å². The zero-order valence-corrected chi connectivity index (χ0v) is 12.8. The molecule has 0 radical (unpaired) electrons. The fourth-order valence-corrected chi connectivity index (χ4v) is 3.14. The Kier molecular flexibility index (Phi) is 5.76. The Morgan fingerprint density at radius 3 is 2.86 bits per heavy atom. The topological polar surface area (TPSA) is 46.9 Å². The van der Waals surface area contributed by atoms with Crippen molar-refractivity contribution in [1.82, 2.24) is 9.80 Å². The van der Waals surface area contributed by atoms with Gasteiger partial charge < -0.3 is 14.9 Å². The third-order valence-electron chi connectivity index (χ3n) is 4.22. The minimum absolute atomic E-state index is 0.0584. The lowest BCUT2D eigenvalue weighted by atomic mass is 9.79. The summed E-state index contributed by atoms with van der Waals surface area (Å²) in [7, 11) is 0.283. The first-order chi connectivity index (χ1) is 10.0. The first-order valence-electron chi connectivity index (χ1n) is 7.58. The molecule has 2 N–H and O–H groups in total. The van der Waals surface area contributed by atoms with Gasteiger partial charge in [-0.2, -0.15) is 0 Å². The van der Waals surface area contributed by atoms with Crippen LogP contribution in [0.1, 0.15) is 25.3 Å². The molecule has 6 heteroatoms. The maximum absolute atomic E-state index is 13.4. The van der Waals surface area contributed by atoms with Gasteiger partial charge in [0.1, 0.15) is 5.82 Å². The van der Waals surface area contributed by atoms with E-state index in [4.69, 9.17) is 10.0 Å². The molecule has 4 nitrogen and oxygen atoms in total. The van der Waals surface area contributed by atoms with E-state index in [1.807, 2.05) is 7.05 Å². The van der Waals surface area contributed by atoms with E-state index in [-0.39, 0.29) is 5.46 Å². The second-order valence-corrected chi connectivity index (χ2v) is 5.85. The summed E-state index contributed by atoms with van der Waals surface area (Å²) in [5.41, 5.74) is 0.833. The Morgan fingerprint density at radius 2 is 2.19 bits per heavy atom. The molecule has 0 amide bonds. The summed E-state index contributed by atoms with van der Waals surface area (Å²) in [4.78, 5) is 4.70. The molecule has 1 aliphatic rings. The van der Waals surface area contributed by atoms with Gasteiger partial charge in [0, 0.05) is 24.6 Å². The molecule has 1 saturated heterocycles. The SMILES string of the molecule is CCN1CCCC1CN(C)Cc1ccc(F)c(B(O)O)c1. The fraction of sp³-hybridized carbons (Fsp3) is 0.600. The van der Waals surface area contributed by atoms with E-state index >= 15 is 0 Å². The number of benzene rings is 1. The Labute approximate surface area is 126 Å². The minimum Gasteiger partial charge on any atom is -0.423 e. The molecule has 1 heterocycles. The Balaban J connectivity index is 1.96. The number of likely N-dealkylation sites (N-methyl/N-ethyl adjacent to an activating group) is 2. The molecule has 1 aromatic carbocycles. The molecule has 0 spiro atoms. The van der Waals surface area contributed by atoms with Gasteiger partial charge in [-0.05, 0) is 44.6 Å². The van der Waals surface area contributed by atoms with E-state index in [9.17, 15) is 4.39 Å². The molecule has 1 unspecified atom stereocenters. The summed E-state index contributed by atoms with van der Waals surface area (Å²) in [5.74, 6) is -0.579. The number of nitrogens with zero attached hydrogens (tertiary/aromatic N) is 2. The lowest BCUT2D eigenvalue weighted by molar-refractivity contribution is 0.195. The molecule has 116 valence electrons. The van der Waals surface area contributed by atoms with E-state index in [0.717, 1.165) is 18.7 Å². The predicted molar refractivity (Wildman–Crippen MR) is 82.8 cm³/mol. The first-order valence-corrected chi connectivity index (χ1v) is 7.58. The van der Waals surface area contributed by atoms with Gasteiger partial charge in [0.2, 0.25) is 0 Å². The van der Waals surface area contributed by atoms with Crippen LogP contribution in [0.25, 0.3) is 0 Å². The zero-order valence-electron chi connectivity index (χ0n) is 12.8. The van der Waals surface area contributed by atoms with Crippen LogP contribution in [0.5, 0.6) is 0 Å². The number of likely N-dealkylation sites (tertiary alicyclic amines) is 1. The Morgan fingerprint density at radius 1 is 1.43 bits per heavy atom. The molecule has 1 atom stereocenters. The van der Waals surface area contributed by atoms with Crippen molar-refractivity contribution in [3.05, 3.63) is 29.6 Å². The van der Waals surface area contributed by atoms with Crippen molar-refractivity contribution in [3.8, 4) is 0 Å². The van der Waals surface area contributed by atoms with E-state index < -0.39 is 12.9 Å². The van der Waals surface area contributed by atoms with Crippen LogP contribution in [0.2, 0.25) is 0 Å². The second-order valence-electron chi connectivity index (χ2n) is 5.85. The first kappa shape index (κ1) is 16.4.